The molecule has 0 aromatic carbocycles. The van der Waals surface area contributed by atoms with Gasteiger partial charge in [-0.25, -0.2) is 0 Å². The largest absolute Gasteiger partial charge is 0.311 e. The van der Waals surface area contributed by atoms with Gasteiger partial charge in [0, 0.05) is 18.1 Å². The van der Waals surface area contributed by atoms with Gasteiger partial charge in [-0.15, -0.1) is 0 Å². The van der Waals surface area contributed by atoms with E-state index in [9.17, 15) is 0 Å². The van der Waals surface area contributed by atoms with Crippen molar-refractivity contribution in [2.45, 2.75) is 84.3 Å². The summed E-state index contributed by atoms with van der Waals surface area (Å²) in [6, 6.07) is 2.28. The van der Waals surface area contributed by atoms with Crippen molar-refractivity contribution in [3.63, 3.8) is 0 Å². The molecule has 0 radical (unpaired) electrons. The standard InChI is InChI=1S/C17H34N2/c1-13(2)19-10-5-6-16(9-11-19)18-17-8-7-14(3)15(4)12-17/h13-18H,5-12H2,1-4H3. The highest BCUT2D eigenvalue weighted by molar-refractivity contribution is 4.84. The minimum Gasteiger partial charge on any atom is -0.311 e. The van der Waals surface area contributed by atoms with Crippen molar-refractivity contribution in [1.82, 2.24) is 10.2 Å². The van der Waals surface area contributed by atoms with Crippen LogP contribution in [0.1, 0.15) is 66.2 Å². The van der Waals surface area contributed by atoms with Gasteiger partial charge in [0.1, 0.15) is 0 Å². The second-order valence-electron chi connectivity index (χ2n) is 7.39. The van der Waals surface area contributed by atoms with Crippen LogP contribution in [0.15, 0.2) is 0 Å². The zero-order valence-electron chi connectivity index (χ0n) is 13.5. The topological polar surface area (TPSA) is 15.3 Å². The molecule has 0 aromatic heterocycles. The van der Waals surface area contributed by atoms with E-state index in [-0.39, 0.29) is 0 Å². The first-order chi connectivity index (χ1) is 9.06. The van der Waals surface area contributed by atoms with Crippen LogP contribution in [0.5, 0.6) is 0 Å². The molecule has 1 N–H and O–H groups in total. The van der Waals surface area contributed by atoms with Crippen molar-refractivity contribution in [2.75, 3.05) is 13.1 Å². The molecule has 1 aliphatic carbocycles. The van der Waals surface area contributed by atoms with Gasteiger partial charge in [0.2, 0.25) is 0 Å². The van der Waals surface area contributed by atoms with Crippen molar-refractivity contribution in [3.05, 3.63) is 0 Å². The lowest BCUT2D eigenvalue weighted by Crippen LogP contribution is -2.42. The Labute approximate surface area is 120 Å². The van der Waals surface area contributed by atoms with E-state index in [1.807, 2.05) is 0 Å². The zero-order valence-corrected chi connectivity index (χ0v) is 13.5. The first kappa shape index (κ1) is 15.3. The van der Waals surface area contributed by atoms with Crippen LogP contribution in [-0.4, -0.2) is 36.1 Å². The highest BCUT2D eigenvalue weighted by Gasteiger charge is 2.27. The SMILES string of the molecule is CC1CCC(NC2CCCN(C(C)C)CC2)CC1C. The second-order valence-corrected chi connectivity index (χ2v) is 7.39. The molecule has 4 unspecified atom stereocenters. The molecule has 0 aromatic rings. The maximum absolute atomic E-state index is 3.98. The average molecular weight is 266 g/mol. The monoisotopic (exact) mass is 266 g/mol. The Kier molecular flexibility index (Phi) is 5.70. The van der Waals surface area contributed by atoms with Crippen LogP contribution < -0.4 is 5.32 Å². The molecule has 1 saturated carbocycles. The molecule has 4 atom stereocenters. The summed E-state index contributed by atoms with van der Waals surface area (Å²) >= 11 is 0. The lowest BCUT2D eigenvalue weighted by Gasteiger charge is -2.35. The molecule has 1 saturated heterocycles. The molecule has 2 rings (SSSR count). The van der Waals surface area contributed by atoms with Gasteiger partial charge >= 0.3 is 0 Å². The van der Waals surface area contributed by atoms with Gasteiger partial charge in [0.15, 0.2) is 0 Å². The third-order valence-electron chi connectivity index (χ3n) is 5.56. The molecular weight excluding hydrogens is 232 g/mol. The minimum atomic E-state index is 0.717. The predicted molar refractivity (Wildman–Crippen MR) is 83.5 cm³/mol. The van der Waals surface area contributed by atoms with E-state index in [0.717, 1.165) is 23.9 Å². The lowest BCUT2D eigenvalue weighted by atomic mass is 9.79. The molecular formula is C17H34N2. The summed E-state index contributed by atoms with van der Waals surface area (Å²) < 4.78 is 0. The fourth-order valence-corrected chi connectivity index (χ4v) is 3.83. The van der Waals surface area contributed by atoms with Crippen LogP contribution in [-0.2, 0) is 0 Å². The van der Waals surface area contributed by atoms with E-state index in [1.54, 1.807) is 0 Å². The number of likely N-dealkylation sites (tertiary alicyclic amines) is 1. The van der Waals surface area contributed by atoms with Gasteiger partial charge in [-0.05, 0) is 77.3 Å². The Morgan fingerprint density at radius 2 is 1.68 bits per heavy atom. The first-order valence-electron chi connectivity index (χ1n) is 8.56. The Bertz CT molecular complexity index is 264. The van der Waals surface area contributed by atoms with E-state index in [2.05, 4.69) is 37.9 Å². The minimum absolute atomic E-state index is 0.717. The van der Waals surface area contributed by atoms with Crippen molar-refractivity contribution in [2.24, 2.45) is 11.8 Å². The Morgan fingerprint density at radius 1 is 0.895 bits per heavy atom. The van der Waals surface area contributed by atoms with Crippen LogP contribution in [0.4, 0.5) is 0 Å². The van der Waals surface area contributed by atoms with E-state index in [4.69, 9.17) is 0 Å². The van der Waals surface area contributed by atoms with Gasteiger partial charge in [0.05, 0.1) is 0 Å². The second kappa shape index (κ2) is 7.08. The quantitative estimate of drug-likeness (QED) is 0.838. The van der Waals surface area contributed by atoms with Gasteiger partial charge in [-0.1, -0.05) is 13.8 Å². The maximum atomic E-state index is 3.98. The molecule has 2 aliphatic rings. The molecule has 1 heterocycles. The van der Waals surface area contributed by atoms with Crippen molar-refractivity contribution in [3.8, 4) is 0 Å². The summed E-state index contributed by atoms with van der Waals surface area (Å²) in [5.41, 5.74) is 0. The van der Waals surface area contributed by atoms with Gasteiger partial charge in [-0.3, -0.25) is 0 Å². The van der Waals surface area contributed by atoms with Crippen LogP contribution in [0.3, 0.4) is 0 Å². The van der Waals surface area contributed by atoms with Crippen LogP contribution in [0, 0.1) is 11.8 Å². The third kappa shape index (κ3) is 4.46. The number of rotatable bonds is 3. The van der Waals surface area contributed by atoms with E-state index in [0.29, 0.717) is 6.04 Å². The first-order valence-corrected chi connectivity index (χ1v) is 8.56. The molecule has 1 aliphatic heterocycles. The number of nitrogens with one attached hydrogen (secondary N) is 1. The molecule has 2 heteroatoms. The highest BCUT2D eigenvalue weighted by Crippen LogP contribution is 2.30. The summed E-state index contributed by atoms with van der Waals surface area (Å²) in [6.07, 6.45) is 8.31. The van der Waals surface area contributed by atoms with Crippen molar-refractivity contribution in [1.29, 1.82) is 0 Å². The number of hydrogen-bond donors (Lipinski definition) is 1. The lowest BCUT2D eigenvalue weighted by molar-refractivity contribution is 0.205. The van der Waals surface area contributed by atoms with E-state index < -0.39 is 0 Å². The normalized spacial score (nSPS) is 38.4. The van der Waals surface area contributed by atoms with Gasteiger partial charge in [-0.2, -0.15) is 0 Å². The summed E-state index contributed by atoms with van der Waals surface area (Å²) in [5.74, 6) is 1.84. The van der Waals surface area contributed by atoms with E-state index in [1.165, 1.54) is 51.6 Å². The van der Waals surface area contributed by atoms with Gasteiger partial charge in [0.25, 0.3) is 0 Å². The summed E-state index contributed by atoms with van der Waals surface area (Å²) in [4.78, 5) is 2.65. The third-order valence-corrected chi connectivity index (χ3v) is 5.56. The summed E-state index contributed by atoms with van der Waals surface area (Å²) in [7, 11) is 0. The van der Waals surface area contributed by atoms with E-state index >= 15 is 0 Å². The van der Waals surface area contributed by atoms with Crippen LogP contribution in [0.25, 0.3) is 0 Å². The Balaban J connectivity index is 1.77. The summed E-state index contributed by atoms with van der Waals surface area (Å²) in [5, 5.41) is 3.98. The molecule has 0 amide bonds. The van der Waals surface area contributed by atoms with Crippen LogP contribution in [0.2, 0.25) is 0 Å². The highest BCUT2D eigenvalue weighted by atomic mass is 15.1. The van der Waals surface area contributed by atoms with Gasteiger partial charge < -0.3 is 10.2 Å². The zero-order chi connectivity index (χ0) is 13.8. The number of nitrogens with zero attached hydrogens (tertiary/aromatic N) is 1. The maximum Gasteiger partial charge on any atom is 0.00823 e. The average Bonchev–Trinajstić information content (AvgIpc) is 2.59. The fourth-order valence-electron chi connectivity index (χ4n) is 3.83. The molecule has 0 bridgehead atoms. The molecule has 0 spiro atoms. The molecule has 112 valence electrons. The smallest absolute Gasteiger partial charge is 0.00823 e. The summed E-state index contributed by atoms with van der Waals surface area (Å²) in [6.45, 7) is 12.1. The predicted octanol–water partition coefficient (Wildman–Crippen LogP) is 3.66. The number of hydrogen-bond acceptors (Lipinski definition) is 2. The molecule has 2 fully saturated rings. The van der Waals surface area contributed by atoms with Crippen molar-refractivity contribution < 1.29 is 0 Å². The van der Waals surface area contributed by atoms with Crippen LogP contribution >= 0.6 is 0 Å². The Morgan fingerprint density at radius 3 is 2.37 bits per heavy atom. The molecule has 2 nitrogen and oxygen atoms in total. The fraction of sp³-hybridized carbons (Fsp3) is 1.00. The molecule has 19 heavy (non-hydrogen) atoms. The Hall–Kier alpha value is -0.0800. The van der Waals surface area contributed by atoms with Crippen molar-refractivity contribution >= 4 is 0 Å².